The molecule has 0 aromatic carbocycles. The summed E-state index contributed by atoms with van der Waals surface area (Å²) >= 11 is 0. The van der Waals surface area contributed by atoms with E-state index in [4.69, 9.17) is 20.8 Å². The Morgan fingerprint density at radius 3 is 2.65 bits per heavy atom. The highest BCUT2D eigenvalue weighted by atomic mass is 32.3. The predicted octanol–water partition coefficient (Wildman–Crippen LogP) is -2.31. The van der Waals surface area contributed by atoms with Gasteiger partial charge in [-0.2, -0.15) is 13.5 Å². The minimum Gasteiger partial charge on any atom is -0.478 e. The smallest absolute Gasteiger partial charge is 0.418 e. The Morgan fingerprint density at radius 1 is 1.65 bits per heavy atom. The van der Waals surface area contributed by atoms with Crippen LogP contribution in [0.4, 0.5) is 0 Å². The van der Waals surface area contributed by atoms with E-state index in [1.54, 1.807) is 6.92 Å². The predicted molar refractivity (Wildman–Crippen MR) is 57.4 cm³/mol. The van der Waals surface area contributed by atoms with Gasteiger partial charge in [-0.25, -0.2) is 4.99 Å². The lowest BCUT2D eigenvalue weighted by Crippen LogP contribution is -2.46. The Bertz CT molecular complexity index is 418. The summed E-state index contributed by atoms with van der Waals surface area (Å²) in [6.45, 7) is 2.09. The fourth-order valence-corrected chi connectivity index (χ4v) is 1.36. The third kappa shape index (κ3) is 4.54. The quantitative estimate of drug-likeness (QED) is 0.479. The molecule has 0 spiro atoms. The van der Waals surface area contributed by atoms with Gasteiger partial charge >= 0.3 is 10.4 Å². The lowest BCUT2D eigenvalue weighted by molar-refractivity contribution is -0.0635. The summed E-state index contributed by atoms with van der Waals surface area (Å²) in [7, 11) is -4.70. The van der Waals surface area contributed by atoms with Crippen LogP contribution in [0.15, 0.2) is 16.9 Å². The van der Waals surface area contributed by atoms with Gasteiger partial charge in [0, 0.05) is 6.08 Å². The van der Waals surface area contributed by atoms with Crippen LogP contribution in [0.5, 0.6) is 0 Å². The Kier molecular flexibility index (Phi) is 5.31. The number of hydroxylamine groups is 2. The first-order chi connectivity index (χ1) is 7.33. The van der Waals surface area contributed by atoms with E-state index >= 15 is 0 Å². The molecule has 10 nitrogen and oxygen atoms in total. The van der Waals surface area contributed by atoms with Gasteiger partial charge in [-0.15, -0.1) is 4.28 Å². The van der Waals surface area contributed by atoms with Crippen LogP contribution in [0.1, 0.15) is 6.92 Å². The van der Waals surface area contributed by atoms with Crippen LogP contribution in [-0.4, -0.2) is 42.3 Å². The average molecular weight is 270 g/mol. The van der Waals surface area contributed by atoms with Crippen LogP contribution >= 0.6 is 0 Å². The second-order valence-corrected chi connectivity index (χ2v) is 3.72. The molecule has 100 valence electrons. The Hall–Kier alpha value is -1.40. The van der Waals surface area contributed by atoms with Crippen LogP contribution in [0.3, 0.4) is 0 Å². The third-order valence-corrected chi connectivity index (χ3v) is 1.84. The fraction of sp³-hybridized carbons (Fsp3) is 0.500. The van der Waals surface area contributed by atoms with Crippen molar-refractivity contribution >= 4 is 16.3 Å². The van der Waals surface area contributed by atoms with E-state index in [9.17, 15) is 8.42 Å². The molecule has 17 heavy (non-hydrogen) atoms. The Morgan fingerprint density at radius 2 is 2.24 bits per heavy atom. The molecule has 0 saturated carbocycles. The number of rotatable bonds is 3. The van der Waals surface area contributed by atoms with Crippen molar-refractivity contribution < 1.29 is 27.5 Å². The number of hydrogen-bond donors (Lipinski definition) is 3. The van der Waals surface area contributed by atoms with Crippen LogP contribution in [0, 0.1) is 0 Å². The van der Waals surface area contributed by atoms with Crippen molar-refractivity contribution in [1.29, 1.82) is 0 Å². The highest BCUT2D eigenvalue weighted by Crippen LogP contribution is 2.12. The zero-order chi connectivity index (χ0) is 12.3. The van der Waals surface area contributed by atoms with E-state index in [1.807, 2.05) is 0 Å². The average Bonchev–Trinajstić information content (AvgIpc) is 2.10. The van der Waals surface area contributed by atoms with Gasteiger partial charge < -0.3 is 15.9 Å². The van der Waals surface area contributed by atoms with Gasteiger partial charge in [-0.05, 0) is 6.92 Å². The Labute approximate surface area is 97.7 Å². The monoisotopic (exact) mass is 270 g/mol. The normalized spacial score (nSPS) is 20.2. The molecule has 1 rings (SSSR count). The highest BCUT2D eigenvalue weighted by Gasteiger charge is 2.26. The molecule has 11 heteroatoms. The number of nitrogens with zero attached hydrogens (tertiary/aromatic N) is 2. The maximum Gasteiger partial charge on any atom is 0.418 e. The molecule has 0 aromatic heterocycles. The highest BCUT2D eigenvalue weighted by molar-refractivity contribution is 7.80. The lowest BCUT2D eigenvalue weighted by atomic mass is 10.4. The van der Waals surface area contributed by atoms with Gasteiger partial charge in [-0.1, -0.05) is 0 Å². The maximum absolute atomic E-state index is 10.5. The molecule has 0 aliphatic carbocycles. The summed E-state index contributed by atoms with van der Waals surface area (Å²) in [5.74, 6) is 0.00580. The Balaban J connectivity index is 0.00000256. The lowest BCUT2D eigenvalue weighted by Gasteiger charge is -2.27. The molecule has 1 unspecified atom stereocenters. The van der Waals surface area contributed by atoms with Gasteiger partial charge in [0.05, 0.1) is 6.61 Å². The van der Waals surface area contributed by atoms with Crippen molar-refractivity contribution in [1.82, 2.24) is 5.06 Å². The van der Waals surface area contributed by atoms with Gasteiger partial charge in [-0.3, -0.25) is 10.3 Å². The molecule has 1 aliphatic heterocycles. The molecule has 0 radical (unpaired) electrons. The van der Waals surface area contributed by atoms with Crippen molar-refractivity contribution in [3.05, 3.63) is 11.9 Å². The first-order valence-electron chi connectivity index (χ1n) is 4.23. The minimum absolute atomic E-state index is 0. The van der Waals surface area contributed by atoms with Crippen molar-refractivity contribution in [2.24, 2.45) is 16.5 Å². The molecule has 1 heterocycles. The SMILES string of the molecule is CCOC1=NC(N)N(OS(=O)(=O)O)C(N)=C1.O. The molecule has 0 fully saturated rings. The molecule has 1 atom stereocenters. The van der Waals surface area contributed by atoms with E-state index in [1.165, 1.54) is 6.08 Å². The van der Waals surface area contributed by atoms with E-state index in [0.29, 0.717) is 11.7 Å². The van der Waals surface area contributed by atoms with E-state index in [-0.39, 0.29) is 17.2 Å². The minimum atomic E-state index is -4.70. The van der Waals surface area contributed by atoms with Crippen LogP contribution in [-0.2, 0) is 19.4 Å². The number of nitrogens with two attached hydrogens (primary N) is 2. The summed E-state index contributed by atoms with van der Waals surface area (Å²) in [4.78, 5) is 3.73. The molecule has 1 aliphatic rings. The van der Waals surface area contributed by atoms with Crippen molar-refractivity contribution in [2.75, 3.05) is 6.61 Å². The third-order valence-electron chi connectivity index (χ3n) is 1.49. The van der Waals surface area contributed by atoms with Gasteiger partial charge in [0.1, 0.15) is 5.82 Å². The number of aliphatic imine (C=N–C) groups is 1. The molecule has 0 bridgehead atoms. The summed E-state index contributed by atoms with van der Waals surface area (Å²) in [6.07, 6.45) is 0.00590. The van der Waals surface area contributed by atoms with Gasteiger partial charge in [0.15, 0.2) is 0 Å². The van der Waals surface area contributed by atoms with Crippen molar-refractivity contribution in [3.8, 4) is 0 Å². The fourth-order valence-electron chi connectivity index (χ4n) is 0.978. The van der Waals surface area contributed by atoms with E-state index in [2.05, 4.69) is 9.28 Å². The summed E-state index contributed by atoms with van der Waals surface area (Å²) in [5.41, 5.74) is 10.9. The standard InChI is InChI=1S/C6H12N4O5S.H2O/c1-2-14-5-3-4(7)10(6(8)9-5)15-16(11,12)13;/h3,6H,2,7-8H2,1H3,(H,11,12,13);1H2. The molecule has 0 aromatic rings. The first kappa shape index (κ1) is 15.6. The van der Waals surface area contributed by atoms with E-state index < -0.39 is 16.7 Å². The molecule has 0 amide bonds. The van der Waals surface area contributed by atoms with Crippen LogP contribution in [0.2, 0.25) is 0 Å². The topological polar surface area (TPSA) is 172 Å². The van der Waals surface area contributed by atoms with E-state index in [0.717, 1.165) is 0 Å². The number of ether oxygens (including phenoxy) is 1. The maximum atomic E-state index is 10.5. The molecular formula is C6H14N4O6S. The zero-order valence-electron chi connectivity index (χ0n) is 8.90. The summed E-state index contributed by atoms with van der Waals surface area (Å²) in [5, 5.41) is 0.540. The molecule has 0 saturated heterocycles. The number of hydrogen-bond acceptors (Lipinski definition) is 8. The van der Waals surface area contributed by atoms with Crippen molar-refractivity contribution in [2.45, 2.75) is 13.2 Å². The van der Waals surface area contributed by atoms with Gasteiger partial charge in [0.2, 0.25) is 12.2 Å². The zero-order valence-corrected chi connectivity index (χ0v) is 9.72. The largest absolute Gasteiger partial charge is 0.478 e. The summed E-state index contributed by atoms with van der Waals surface area (Å²) in [6, 6.07) is 0. The first-order valence-corrected chi connectivity index (χ1v) is 5.59. The van der Waals surface area contributed by atoms with Gasteiger partial charge in [0.25, 0.3) is 0 Å². The van der Waals surface area contributed by atoms with Crippen LogP contribution < -0.4 is 11.5 Å². The molecular weight excluding hydrogens is 256 g/mol. The van der Waals surface area contributed by atoms with Crippen molar-refractivity contribution in [3.63, 3.8) is 0 Å². The second-order valence-electron chi connectivity index (χ2n) is 2.71. The second kappa shape index (κ2) is 5.79. The summed E-state index contributed by atoms with van der Waals surface area (Å²) < 4.78 is 38.5. The molecule has 7 N–H and O–H groups in total. The van der Waals surface area contributed by atoms with Crippen LogP contribution in [0.25, 0.3) is 0 Å².